The minimum atomic E-state index is -0.582. The van der Waals surface area contributed by atoms with Gasteiger partial charge in [0.1, 0.15) is 11.6 Å². The Morgan fingerprint density at radius 3 is 2.50 bits per heavy atom. The maximum atomic E-state index is 14.0. The summed E-state index contributed by atoms with van der Waals surface area (Å²) in [5.74, 6) is -0.980. The molecule has 0 atom stereocenters. The van der Waals surface area contributed by atoms with E-state index in [0.717, 1.165) is 52.2 Å². The molecule has 0 aliphatic heterocycles. The number of rotatable bonds is 5. The highest BCUT2D eigenvalue weighted by molar-refractivity contribution is 7.14. The smallest absolute Gasteiger partial charge is 0.251 e. The van der Waals surface area contributed by atoms with Crippen LogP contribution in [0.15, 0.2) is 29.6 Å². The van der Waals surface area contributed by atoms with Gasteiger partial charge in [-0.25, -0.2) is 28.4 Å². The molecule has 0 aliphatic rings. The van der Waals surface area contributed by atoms with Gasteiger partial charge in [0.2, 0.25) is 5.91 Å². The predicted octanol–water partition coefficient (Wildman–Crippen LogP) is 4.48. The van der Waals surface area contributed by atoms with E-state index in [0.29, 0.717) is 16.8 Å². The number of hydrogen-bond acceptors (Lipinski definition) is 6. The molecule has 3 aromatic heterocycles. The highest BCUT2D eigenvalue weighted by Gasteiger charge is 2.19. The summed E-state index contributed by atoms with van der Waals surface area (Å²) in [6.45, 7) is 7.45. The third-order valence-electron chi connectivity index (χ3n) is 4.89. The lowest BCUT2D eigenvalue weighted by Gasteiger charge is -2.06. The molecule has 0 saturated carbocycles. The van der Waals surface area contributed by atoms with Gasteiger partial charge in [-0.05, 0) is 52.0 Å². The van der Waals surface area contributed by atoms with Gasteiger partial charge >= 0.3 is 0 Å². The van der Waals surface area contributed by atoms with Crippen LogP contribution in [0.2, 0.25) is 0 Å². The Balaban J connectivity index is 1.52. The maximum Gasteiger partial charge on any atom is 0.251 e. The van der Waals surface area contributed by atoms with Gasteiger partial charge in [-0.2, -0.15) is 5.10 Å². The van der Waals surface area contributed by atoms with Crippen molar-refractivity contribution in [2.75, 3.05) is 5.32 Å². The zero-order valence-electron chi connectivity index (χ0n) is 17.9. The van der Waals surface area contributed by atoms with E-state index >= 15 is 0 Å². The van der Waals surface area contributed by atoms with Crippen LogP contribution in [-0.4, -0.2) is 30.6 Å². The first-order chi connectivity index (χ1) is 15.2. The normalized spacial score (nSPS) is 11.1. The molecule has 164 valence electrons. The molecule has 4 aromatic rings. The second-order valence-electron chi connectivity index (χ2n) is 7.40. The number of nitrogens with zero attached hydrogens (tertiary/aromatic N) is 5. The van der Waals surface area contributed by atoms with E-state index in [2.05, 4.69) is 25.4 Å². The quantitative estimate of drug-likeness (QED) is 0.481. The summed E-state index contributed by atoms with van der Waals surface area (Å²) in [6.07, 6.45) is 0.0751. The van der Waals surface area contributed by atoms with Crippen LogP contribution in [-0.2, 0) is 11.2 Å². The van der Waals surface area contributed by atoms with Gasteiger partial charge in [-0.15, -0.1) is 11.3 Å². The lowest BCUT2D eigenvalue weighted by Crippen LogP contribution is -2.15. The first-order valence-corrected chi connectivity index (χ1v) is 10.7. The largest absolute Gasteiger partial charge is 0.302 e. The molecule has 32 heavy (non-hydrogen) atoms. The SMILES string of the molecule is Cc1cc(C)nc(-n2nc(C)c(CC(=O)Nc3nc(-c4cc(F)ccc4F)cs3)c2C)n1. The summed E-state index contributed by atoms with van der Waals surface area (Å²) in [5.41, 5.74) is 4.18. The fourth-order valence-corrected chi connectivity index (χ4v) is 4.13. The van der Waals surface area contributed by atoms with Crippen molar-refractivity contribution in [2.24, 2.45) is 0 Å². The van der Waals surface area contributed by atoms with Crippen LogP contribution in [0.5, 0.6) is 0 Å². The van der Waals surface area contributed by atoms with Gasteiger partial charge in [-0.3, -0.25) is 4.79 Å². The molecule has 1 amide bonds. The zero-order chi connectivity index (χ0) is 23.0. The van der Waals surface area contributed by atoms with E-state index in [9.17, 15) is 13.6 Å². The highest BCUT2D eigenvalue weighted by Crippen LogP contribution is 2.28. The molecule has 0 saturated heterocycles. The van der Waals surface area contributed by atoms with E-state index in [1.807, 2.05) is 33.8 Å². The number of aromatic nitrogens is 5. The monoisotopic (exact) mass is 454 g/mol. The van der Waals surface area contributed by atoms with E-state index < -0.39 is 11.6 Å². The average Bonchev–Trinajstić information content (AvgIpc) is 3.29. The molecule has 0 aliphatic carbocycles. The van der Waals surface area contributed by atoms with E-state index in [1.54, 1.807) is 10.1 Å². The molecule has 1 aromatic carbocycles. The molecule has 4 rings (SSSR count). The topological polar surface area (TPSA) is 85.6 Å². The van der Waals surface area contributed by atoms with E-state index in [1.165, 1.54) is 0 Å². The average molecular weight is 455 g/mol. The molecule has 0 bridgehead atoms. The maximum absolute atomic E-state index is 14.0. The lowest BCUT2D eigenvalue weighted by atomic mass is 10.1. The van der Waals surface area contributed by atoms with Crippen molar-refractivity contribution < 1.29 is 13.6 Å². The fourth-order valence-electron chi connectivity index (χ4n) is 3.40. The van der Waals surface area contributed by atoms with Gasteiger partial charge in [0.15, 0.2) is 5.13 Å². The molecule has 1 N–H and O–H groups in total. The number of carbonyl (C=O) groups excluding carboxylic acids is 1. The molecule has 0 fully saturated rings. The number of nitrogens with one attached hydrogen (secondary N) is 1. The van der Waals surface area contributed by atoms with Gasteiger partial charge in [0.05, 0.1) is 17.8 Å². The van der Waals surface area contributed by atoms with Crippen molar-refractivity contribution >= 4 is 22.4 Å². The summed E-state index contributed by atoms with van der Waals surface area (Å²) in [4.78, 5) is 25.7. The molecule has 0 radical (unpaired) electrons. The molecular formula is C22H20F2N6OS. The first kappa shape index (κ1) is 21.7. The number of thiazole rings is 1. The summed E-state index contributed by atoms with van der Waals surface area (Å²) >= 11 is 1.14. The summed E-state index contributed by atoms with van der Waals surface area (Å²) in [6, 6.07) is 5.04. The van der Waals surface area contributed by atoms with Crippen molar-refractivity contribution in [2.45, 2.75) is 34.1 Å². The molecule has 0 unspecified atom stereocenters. The summed E-state index contributed by atoms with van der Waals surface area (Å²) in [5, 5.41) is 9.10. The van der Waals surface area contributed by atoms with Crippen LogP contribution in [0, 0.1) is 39.3 Å². The number of aryl methyl sites for hydroxylation is 3. The molecular weight excluding hydrogens is 434 g/mol. The zero-order valence-corrected chi connectivity index (χ0v) is 18.7. The lowest BCUT2D eigenvalue weighted by molar-refractivity contribution is -0.115. The first-order valence-electron chi connectivity index (χ1n) is 9.80. The minimum absolute atomic E-state index is 0.0446. The van der Waals surface area contributed by atoms with Crippen molar-refractivity contribution in [1.29, 1.82) is 0 Å². The molecule has 10 heteroatoms. The molecule has 0 spiro atoms. The second-order valence-corrected chi connectivity index (χ2v) is 8.26. The Labute approximate surface area is 187 Å². The van der Waals surface area contributed by atoms with E-state index in [-0.39, 0.29) is 23.6 Å². The van der Waals surface area contributed by atoms with Crippen molar-refractivity contribution in [3.63, 3.8) is 0 Å². The Bertz CT molecular complexity index is 1310. The van der Waals surface area contributed by atoms with Crippen LogP contribution in [0.1, 0.15) is 28.3 Å². The Hall–Kier alpha value is -3.53. The van der Waals surface area contributed by atoms with Crippen LogP contribution < -0.4 is 5.32 Å². The third kappa shape index (κ3) is 4.40. The molecule has 3 heterocycles. The highest BCUT2D eigenvalue weighted by atomic mass is 32.1. The van der Waals surface area contributed by atoms with Crippen LogP contribution in [0.25, 0.3) is 17.2 Å². The standard InChI is InChI=1S/C22H20F2N6OS/c1-11-7-12(2)26-21(25-11)30-14(4)16(13(3)29-30)9-20(31)28-22-27-19(10-32-22)17-8-15(23)5-6-18(17)24/h5-8,10H,9H2,1-4H3,(H,27,28,31). The minimum Gasteiger partial charge on any atom is -0.302 e. The number of amides is 1. The summed E-state index contributed by atoms with van der Waals surface area (Å²) in [7, 11) is 0. The number of halogens is 2. The van der Waals surface area contributed by atoms with Gasteiger partial charge in [0, 0.05) is 33.6 Å². The number of carbonyl (C=O) groups is 1. The van der Waals surface area contributed by atoms with Crippen molar-refractivity contribution in [3.8, 4) is 17.2 Å². The van der Waals surface area contributed by atoms with Crippen molar-refractivity contribution in [3.05, 3.63) is 69.6 Å². The van der Waals surface area contributed by atoms with Crippen molar-refractivity contribution in [1.82, 2.24) is 24.7 Å². The third-order valence-corrected chi connectivity index (χ3v) is 5.65. The predicted molar refractivity (Wildman–Crippen MR) is 118 cm³/mol. The van der Waals surface area contributed by atoms with Crippen LogP contribution >= 0.6 is 11.3 Å². The van der Waals surface area contributed by atoms with Gasteiger partial charge in [-0.1, -0.05) is 0 Å². The Morgan fingerprint density at radius 1 is 1.06 bits per heavy atom. The van der Waals surface area contributed by atoms with Crippen LogP contribution in [0.3, 0.4) is 0 Å². The fraction of sp³-hybridized carbons (Fsp3) is 0.227. The number of hydrogen-bond donors (Lipinski definition) is 1. The second kappa shape index (κ2) is 8.54. The Morgan fingerprint density at radius 2 is 1.78 bits per heavy atom. The van der Waals surface area contributed by atoms with E-state index in [4.69, 9.17) is 0 Å². The summed E-state index contributed by atoms with van der Waals surface area (Å²) < 4.78 is 29.1. The van der Waals surface area contributed by atoms with Gasteiger partial charge < -0.3 is 5.32 Å². The van der Waals surface area contributed by atoms with Gasteiger partial charge in [0.25, 0.3) is 5.95 Å². The number of anilines is 1. The Kier molecular flexibility index (Phi) is 5.79. The molecule has 7 nitrogen and oxygen atoms in total. The van der Waals surface area contributed by atoms with Crippen LogP contribution in [0.4, 0.5) is 13.9 Å². The number of benzene rings is 1.